The van der Waals surface area contributed by atoms with Gasteiger partial charge in [-0.2, -0.15) is 5.26 Å². The SMILES string of the molecule is CCC(C)n1c(C#N)cc(N)c1Cc1ccc(C)cc1. The highest BCUT2D eigenvalue weighted by Gasteiger charge is 2.17. The predicted octanol–water partition coefficient (Wildman–Crippen LogP) is 3.81. The summed E-state index contributed by atoms with van der Waals surface area (Å²) in [5.41, 5.74) is 11.0. The molecule has 0 aliphatic rings. The molecule has 3 heteroatoms. The second kappa shape index (κ2) is 5.83. The average Bonchev–Trinajstić information content (AvgIpc) is 2.77. The molecule has 2 rings (SSSR count). The van der Waals surface area contributed by atoms with Crippen molar-refractivity contribution in [1.82, 2.24) is 4.57 Å². The van der Waals surface area contributed by atoms with Crippen molar-refractivity contribution in [3.63, 3.8) is 0 Å². The van der Waals surface area contributed by atoms with Crippen LogP contribution in [0.4, 0.5) is 5.69 Å². The number of aryl methyl sites for hydroxylation is 1. The first-order valence-electron chi connectivity index (χ1n) is 7.02. The van der Waals surface area contributed by atoms with E-state index in [2.05, 4.69) is 55.7 Å². The Bertz CT molecular complexity index is 629. The van der Waals surface area contributed by atoms with E-state index in [1.54, 1.807) is 6.07 Å². The number of rotatable bonds is 4. The number of nitrogens with two attached hydrogens (primary N) is 1. The van der Waals surface area contributed by atoms with Gasteiger partial charge in [0.2, 0.25) is 0 Å². The van der Waals surface area contributed by atoms with E-state index in [-0.39, 0.29) is 6.04 Å². The van der Waals surface area contributed by atoms with Crippen LogP contribution in [0.1, 0.15) is 48.8 Å². The molecule has 2 aromatic rings. The van der Waals surface area contributed by atoms with Crippen molar-refractivity contribution in [2.24, 2.45) is 0 Å². The molecule has 1 atom stereocenters. The van der Waals surface area contributed by atoms with Gasteiger partial charge >= 0.3 is 0 Å². The highest BCUT2D eigenvalue weighted by Crippen LogP contribution is 2.27. The first kappa shape index (κ1) is 14.2. The molecule has 0 saturated heterocycles. The molecule has 0 aliphatic heterocycles. The maximum absolute atomic E-state index is 9.28. The summed E-state index contributed by atoms with van der Waals surface area (Å²) in [6.07, 6.45) is 1.74. The largest absolute Gasteiger partial charge is 0.397 e. The first-order chi connectivity index (χ1) is 9.56. The molecule has 0 spiro atoms. The molecule has 0 fully saturated rings. The standard InChI is InChI=1S/C17H21N3/c1-4-13(3)20-15(11-18)10-16(19)17(20)9-14-7-5-12(2)6-8-14/h5-8,10,13H,4,9,19H2,1-3H3. The lowest BCUT2D eigenvalue weighted by Gasteiger charge is -2.17. The van der Waals surface area contributed by atoms with Gasteiger partial charge in [-0.1, -0.05) is 36.8 Å². The molecule has 104 valence electrons. The van der Waals surface area contributed by atoms with Crippen LogP contribution in [-0.2, 0) is 6.42 Å². The molecule has 1 aromatic heterocycles. The summed E-state index contributed by atoms with van der Waals surface area (Å²) in [6.45, 7) is 6.32. The van der Waals surface area contributed by atoms with Crippen molar-refractivity contribution in [2.45, 2.75) is 39.7 Å². The summed E-state index contributed by atoms with van der Waals surface area (Å²) in [6, 6.07) is 12.8. The van der Waals surface area contributed by atoms with Gasteiger partial charge in [-0.25, -0.2) is 0 Å². The highest BCUT2D eigenvalue weighted by molar-refractivity contribution is 5.52. The summed E-state index contributed by atoms with van der Waals surface area (Å²) in [7, 11) is 0. The smallest absolute Gasteiger partial charge is 0.122 e. The van der Waals surface area contributed by atoms with E-state index in [1.807, 2.05) is 0 Å². The fourth-order valence-corrected chi connectivity index (χ4v) is 2.44. The van der Waals surface area contributed by atoms with E-state index >= 15 is 0 Å². The van der Waals surface area contributed by atoms with E-state index in [9.17, 15) is 5.26 Å². The fourth-order valence-electron chi connectivity index (χ4n) is 2.44. The Morgan fingerprint density at radius 3 is 2.50 bits per heavy atom. The summed E-state index contributed by atoms with van der Waals surface area (Å²) >= 11 is 0. The lowest BCUT2D eigenvalue weighted by atomic mass is 10.1. The number of benzene rings is 1. The van der Waals surface area contributed by atoms with Crippen molar-refractivity contribution in [3.8, 4) is 6.07 Å². The molecule has 3 nitrogen and oxygen atoms in total. The quantitative estimate of drug-likeness (QED) is 0.915. The first-order valence-corrected chi connectivity index (χ1v) is 7.02. The Morgan fingerprint density at radius 2 is 1.95 bits per heavy atom. The summed E-state index contributed by atoms with van der Waals surface area (Å²) in [4.78, 5) is 0. The molecular formula is C17H21N3. The monoisotopic (exact) mass is 267 g/mol. The summed E-state index contributed by atoms with van der Waals surface area (Å²) in [5.74, 6) is 0. The maximum Gasteiger partial charge on any atom is 0.122 e. The van der Waals surface area contributed by atoms with E-state index in [4.69, 9.17) is 5.73 Å². The van der Waals surface area contributed by atoms with Crippen molar-refractivity contribution in [3.05, 3.63) is 52.8 Å². The van der Waals surface area contributed by atoms with Gasteiger partial charge in [0.25, 0.3) is 0 Å². The number of hydrogen-bond acceptors (Lipinski definition) is 2. The highest BCUT2D eigenvalue weighted by atomic mass is 15.0. The molecule has 0 aliphatic carbocycles. The number of nitrogens with zero attached hydrogens (tertiary/aromatic N) is 2. The zero-order valence-electron chi connectivity index (χ0n) is 12.4. The molecule has 20 heavy (non-hydrogen) atoms. The molecule has 0 bridgehead atoms. The molecule has 0 radical (unpaired) electrons. The van der Waals surface area contributed by atoms with Crippen LogP contribution < -0.4 is 5.73 Å². The molecule has 0 saturated carbocycles. The van der Waals surface area contributed by atoms with Crippen molar-refractivity contribution >= 4 is 5.69 Å². The van der Waals surface area contributed by atoms with Gasteiger partial charge in [0.1, 0.15) is 11.8 Å². The topological polar surface area (TPSA) is 54.7 Å². The minimum absolute atomic E-state index is 0.280. The number of hydrogen-bond donors (Lipinski definition) is 1. The van der Waals surface area contributed by atoms with Gasteiger partial charge in [0.05, 0.1) is 5.69 Å². The Morgan fingerprint density at radius 1 is 1.30 bits per heavy atom. The van der Waals surface area contributed by atoms with Crippen LogP contribution in [0.3, 0.4) is 0 Å². The van der Waals surface area contributed by atoms with Crippen molar-refractivity contribution in [1.29, 1.82) is 5.26 Å². The van der Waals surface area contributed by atoms with Crippen LogP contribution in [0.15, 0.2) is 30.3 Å². The molecular weight excluding hydrogens is 246 g/mol. The minimum Gasteiger partial charge on any atom is -0.397 e. The third kappa shape index (κ3) is 2.70. The molecule has 1 aromatic carbocycles. The zero-order valence-corrected chi connectivity index (χ0v) is 12.4. The van der Waals surface area contributed by atoms with Crippen LogP contribution in [0.2, 0.25) is 0 Å². The number of aromatic nitrogens is 1. The fraction of sp³-hybridized carbons (Fsp3) is 0.353. The lowest BCUT2D eigenvalue weighted by molar-refractivity contribution is 0.514. The summed E-state index contributed by atoms with van der Waals surface area (Å²) in [5, 5.41) is 9.28. The number of anilines is 1. The van der Waals surface area contributed by atoms with Gasteiger partial charge in [-0.15, -0.1) is 0 Å². The maximum atomic E-state index is 9.28. The Hall–Kier alpha value is -2.21. The van der Waals surface area contributed by atoms with Crippen LogP contribution >= 0.6 is 0 Å². The second-order valence-electron chi connectivity index (χ2n) is 5.33. The normalized spacial score (nSPS) is 12.1. The third-order valence-corrected chi connectivity index (χ3v) is 3.81. The number of nitrogen functional groups attached to an aromatic ring is 1. The second-order valence-corrected chi connectivity index (χ2v) is 5.33. The van der Waals surface area contributed by atoms with Gasteiger partial charge in [-0.3, -0.25) is 0 Å². The molecule has 1 unspecified atom stereocenters. The zero-order chi connectivity index (χ0) is 14.7. The van der Waals surface area contributed by atoms with E-state index < -0.39 is 0 Å². The van der Waals surface area contributed by atoms with E-state index in [0.29, 0.717) is 11.4 Å². The van der Waals surface area contributed by atoms with Crippen molar-refractivity contribution in [2.75, 3.05) is 5.73 Å². The Kier molecular flexibility index (Phi) is 4.14. The third-order valence-electron chi connectivity index (χ3n) is 3.81. The van der Waals surface area contributed by atoms with Crippen LogP contribution in [0.25, 0.3) is 0 Å². The van der Waals surface area contributed by atoms with Gasteiger partial charge in [0, 0.05) is 18.2 Å². The van der Waals surface area contributed by atoms with Gasteiger partial charge in [-0.05, 0) is 31.9 Å². The van der Waals surface area contributed by atoms with Crippen LogP contribution in [-0.4, -0.2) is 4.57 Å². The van der Waals surface area contributed by atoms with Crippen LogP contribution in [0.5, 0.6) is 0 Å². The minimum atomic E-state index is 0.280. The van der Waals surface area contributed by atoms with Crippen molar-refractivity contribution < 1.29 is 0 Å². The van der Waals surface area contributed by atoms with E-state index in [0.717, 1.165) is 18.5 Å². The molecule has 2 N–H and O–H groups in total. The van der Waals surface area contributed by atoms with Gasteiger partial charge < -0.3 is 10.3 Å². The Labute approximate surface area is 120 Å². The van der Waals surface area contributed by atoms with Gasteiger partial charge in [0.15, 0.2) is 0 Å². The predicted molar refractivity (Wildman–Crippen MR) is 82.5 cm³/mol. The molecule has 1 heterocycles. The number of nitriles is 1. The van der Waals surface area contributed by atoms with Crippen LogP contribution in [0, 0.1) is 18.3 Å². The Balaban J connectivity index is 2.43. The average molecular weight is 267 g/mol. The van der Waals surface area contributed by atoms with E-state index in [1.165, 1.54) is 11.1 Å². The summed E-state index contributed by atoms with van der Waals surface area (Å²) < 4.78 is 2.08. The molecule has 0 amide bonds. The lowest BCUT2D eigenvalue weighted by Crippen LogP contribution is -2.11.